The van der Waals surface area contributed by atoms with Crippen LogP contribution in [0.25, 0.3) is 11.3 Å². The first kappa shape index (κ1) is 14.3. The van der Waals surface area contributed by atoms with Crippen molar-refractivity contribution in [1.29, 1.82) is 0 Å². The van der Waals surface area contributed by atoms with E-state index < -0.39 is 0 Å². The molecule has 0 fully saturated rings. The lowest BCUT2D eigenvalue weighted by Crippen LogP contribution is -2.14. The minimum atomic E-state index is 0.687. The molecule has 0 N–H and O–H groups in total. The third kappa shape index (κ3) is 3.27. The molecular formula is C16H21N3O. The molecule has 0 unspecified atom stereocenters. The maximum atomic E-state index is 5.47. The summed E-state index contributed by atoms with van der Waals surface area (Å²) in [5, 5.41) is 0. The van der Waals surface area contributed by atoms with Gasteiger partial charge in [0.15, 0.2) is 0 Å². The standard InChI is InChI=1S/C16H21N3O/c1-12(2)20-14-8-6-13(7-9-14)15-10-17-16(19(15)5)11-18(3)4/h6-10H,1,11H2,2-5H3. The second kappa shape index (κ2) is 5.92. The Kier molecular flexibility index (Phi) is 4.25. The lowest BCUT2D eigenvalue weighted by atomic mass is 10.1. The fourth-order valence-corrected chi connectivity index (χ4v) is 2.04. The molecule has 0 aliphatic heterocycles. The summed E-state index contributed by atoms with van der Waals surface area (Å²) in [6.45, 7) is 6.40. The summed E-state index contributed by atoms with van der Waals surface area (Å²) in [6, 6.07) is 7.97. The Hall–Kier alpha value is -2.07. The molecule has 20 heavy (non-hydrogen) atoms. The number of aromatic nitrogens is 2. The van der Waals surface area contributed by atoms with Crippen molar-refractivity contribution in [2.75, 3.05) is 14.1 Å². The molecule has 106 valence electrons. The maximum Gasteiger partial charge on any atom is 0.126 e. The molecule has 4 heteroatoms. The summed E-state index contributed by atoms with van der Waals surface area (Å²) in [7, 11) is 6.12. The first-order valence-corrected chi connectivity index (χ1v) is 6.56. The number of ether oxygens (including phenoxy) is 1. The van der Waals surface area contributed by atoms with Crippen LogP contribution in [0.2, 0.25) is 0 Å². The molecular weight excluding hydrogens is 250 g/mol. The highest BCUT2D eigenvalue weighted by molar-refractivity contribution is 5.60. The molecule has 0 spiro atoms. The van der Waals surface area contributed by atoms with E-state index in [9.17, 15) is 0 Å². The lowest BCUT2D eigenvalue weighted by Gasteiger charge is -2.11. The number of allylic oxidation sites excluding steroid dienone is 1. The van der Waals surface area contributed by atoms with Gasteiger partial charge in [0.2, 0.25) is 0 Å². The van der Waals surface area contributed by atoms with Crippen LogP contribution in [0.3, 0.4) is 0 Å². The van der Waals surface area contributed by atoms with Gasteiger partial charge in [0.25, 0.3) is 0 Å². The van der Waals surface area contributed by atoms with E-state index in [2.05, 4.69) is 21.0 Å². The number of imidazole rings is 1. The van der Waals surface area contributed by atoms with Crippen LogP contribution in [-0.4, -0.2) is 28.5 Å². The highest BCUT2D eigenvalue weighted by atomic mass is 16.5. The maximum absolute atomic E-state index is 5.47. The van der Waals surface area contributed by atoms with E-state index in [1.54, 1.807) is 0 Å². The summed E-state index contributed by atoms with van der Waals surface area (Å²) in [5.41, 5.74) is 2.22. The Morgan fingerprint density at radius 2 is 1.95 bits per heavy atom. The monoisotopic (exact) mass is 271 g/mol. The molecule has 0 bridgehead atoms. The number of nitrogens with zero attached hydrogens (tertiary/aromatic N) is 3. The Balaban J connectivity index is 2.23. The van der Waals surface area contributed by atoms with Gasteiger partial charge >= 0.3 is 0 Å². The van der Waals surface area contributed by atoms with Gasteiger partial charge in [-0.2, -0.15) is 0 Å². The largest absolute Gasteiger partial charge is 0.463 e. The smallest absolute Gasteiger partial charge is 0.126 e. The van der Waals surface area contributed by atoms with E-state index >= 15 is 0 Å². The van der Waals surface area contributed by atoms with E-state index in [0.29, 0.717) is 5.76 Å². The van der Waals surface area contributed by atoms with Crippen LogP contribution >= 0.6 is 0 Å². The van der Waals surface area contributed by atoms with Gasteiger partial charge in [-0.1, -0.05) is 6.58 Å². The molecule has 2 aromatic rings. The summed E-state index contributed by atoms with van der Waals surface area (Å²) < 4.78 is 7.59. The van der Waals surface area contributed by atoms with Gasteiger partial charge < -0.3 is 14.2 Å². The lowest BCUT2D eigenvalue weighted by molar-refractivity contribution is 0.385. The zero-order chi connectivity index (χ0) is 14.7. The SMILES string of the molecule is C=C(C)Oc1ccc(-c2cnc(CN(C)C)n2C)cc1. The van der Waals surface area contributed by atoms with E-state index in [0.717, 1.165) is 29.4 Å². The van der Waals surface area contributed by atoms with Crippen LogP contribution in [0.15, 0.2) is 42.8 Å². The molecule has 1 aromatic carbocycles. The van der Waals surface area contributed by atoms with E-state index in [4.69, 9.17) is 4.74 Å². The first-order valence-electron chi connectivity index (χ1n) is 6.56. The Morgan fingerprint density at radius 1 is 1.30 bits per heavy atom. The van der Waals surface area contributed by atoms with Crippen LogP contribution in [-0.2, 0) is 13.6 Å². The van der Waals surface area contributed by atoms with Gasteiger partial charge in [0.05, 0.1) is 24.2 Å². The highest BCUT2D eigenvalue weighted by Gasteiger charge is 2.09. The van der Waals surface area contributed by atoms with Gasteiger partial charge in [0, 0.05) is 12.6 Å². The minimum absolute atomic E-state index is 0.687. The van der Waals surface area contributed by atoms with Crippen molar-refractivity contribution in [2.45, 2.75) is 13.5 Å². The van der Waals surface area contributed by atoms with E-state index in [-0.39, 0.29) is 0 Å². The Labute approximate surface area is 120 Å². The molecule has 0 amide bonds. The van der Waals surface area contributed by atoms with Crippen LogP contribution in [0.4, 0.5) is 0 Å². The molecule has 0 radical (unpaired) electrons. The average molecular weight is 271 g/mol. The Morgan fingerprint density at radius 3 is 2.50 bits per heavy atom. The predicted molar refractivity (Wildman–Crippen MR) is 81.5 cm³/mol. The minimum Gasteiger partial charge on any atom is -0.463 e. The predicted octanol–water partition coefficient (Wildman–Crippen LogP) is 3.06. The molecule has 0 aliphatic rings. The highest BCUT2D eigenvalue weighted by Crippen LogP contribution is 2.23. The van der Waals surface area contributed by atoms with Crippen LogP contribution in [0.5, 0.6) is 5.75 Å². The molecule has 4 nitrogen and oxygen atoms in total. The molecule has 1 aromatic heterocycles. The van der Waals surface area contributed by atoms with Crippen molar-refractivity contribution in [1.82, 2.24) is 14.5 Å². The Bertz CT molecular complexity index is 597. The summed E-state index contributed by atoms with van der Waals surface area (Å²) in [5.74, 6) is 2.54. The van der Waals surface area contributed by atoms with E-state index in [1.807, 2.05) is 58.5 Å². The van der Waals surface area contributed by atoms with Crippen LogP contribution in [0.1, 0.15) is 12.7 Å². The third-order valence-electron chi connectivity index (χ3n) is 2.98. The van der Waals surface area contributed by atoms with Crippen LogP contribution < -0.4 is 4.74 Å². The topological polar surface area (TPSA) is 30.3 Å². The van der Waals surface area contributed by atoms with Gasteiger partial charge in [-0.15, -0.1) is 0 Å². The number of hydrogen-bond donors (Lipinski definition) is 0. The summed E-state index contributed by atoms with van der Waals surface area (Å²) in [6.07, 6.45) is 1.91. The van der Waals surface area contributed by atoms with Gasteiger partial charge in [-0.25, -0.2) is 4.98 Å². The van der Waals surface area contributed by atoms with Crippen molar-refractivity contribution in [3.05, 3.63) is 48.6 Å². The quantitative estimate of drug-likeness (QED) is 0.783. The fraction of sp³-hybridized carbons (Fsp3) is 0.312. The van der Waals surface area contributed by atoms with Gasteiger partial charge in [0.1, 0.15) is 11.6 Å². The molecule has 2 rings (SSSR count). The molecule has 0 saturated heterocycles. The second-order valence-corrected chi connectivity index (χ2v) is 5.18. The average Bonchev–Trinajstić information content (AvgIpc) is 2.71. The molecule has 1 heterocycles. The molecule has 0 atom stereocenters. The number of rotatable bonds is 5. The molecule has 0 saturated carbocycles. The zero-order valence-electron chi connectivity index (χ0n) is 12.6. The van der Waals surface area contributed by atoms with Crippen molar-refractivity contribution >= 4 is 0 Å². The summed E-state index contributed by atoms with van der Waals surface area (Å²) >= 11 is 0. The van der Waals surface area contributed by atoms with Crippen LogP contribution in [0, 0.1) is 0 Å². The van der Waals surface area contributed by atoms with Crippen molar-refractivity contribution in [3.63, 3.8) is 0 Å². The fourth-order valence-electron chi connectivity index (χ4n) is 2.04. The molecule has 0 aliphatic carbocycles. The third-order valence-corrected chi connectivity index (χ3v) is 2.98. The van der Waals surface area contributed by atoms with Gasteiger partial charge in [-0.05, 0) is 45.3 Å². The van der Waals surface area contributed by atoms with E-state index in [1.165, 1.54) is 0 Å². The van der Waals surface area contributed by atoms with Crippen molar-refractivity contribution < 1.29 is 4.74 Å². The van der Waals surface area contributed by atoms with Crippen molar-refractivity contribution in [3.8, 4) is 17.0 Å². The second-order valence-electron chi connectivity index (χ2n) is 5.18. The summed E-state index contributed by atoms with van der Waals surface area (Å²) in [4.78, 5) is 6.59. The number of benzene rings is 1. The zero-order valence-corrected chi connectivity index (χ0v) is 12.6. The van der Waals surface area contributed by atoms with Crippen molar-refractivity contribution in [2.24, 2.45) is 7.05 Å². The normalized spacial score (nSPS) is 10.8. The van der Waals surface area contributed by atoms with Gasteiger partial charge in [-0.3, -0.25) is 0 Å². The first-order chi connectivity index (χ1) is 9.47. The number of hydrogen-bond acceptors (Lipinski definition) is 3.